The molecular weight excluding hydrogens is 238 g/mol. The predicted molar refractivity (Wildman–Crippen MR) is 76.4 cm³/mol. The van der Waals surface area contributed by atoms with Crippen LogP contribution >= 0.6 is 0 Å². The van der Waals surface area contributed by atoms with Crippen molar-refractivity contribution < 1.29 is 9.53 Å². The summed E-state index contributed by atoms with van der Waals surface area (Å²) in [5.41, 5.74) is 2.84. The number of aryl methyl sites for hydroxylation is 1. The van der Waals surface area contributed by atoms with Gasteiger partial charge in [0.2, 0.25) is 0 Å². The third-order valence-electron chi connectivity index (χ3n) is 4.14. The summed E-state index contributed by atoms with van der Waals surface area (Å²) in [5, 5.41) is 0. The monoisotopic (exact) mass is 261 g/mol. The van der Waals surface area contributed by atoms with Crippen molar-refractivity contribution in [2.24, 2.45) is 0 Å². The molecule has 1 fully saturated rings. The van der Waals surface area contributed by atoms with Crippen LogP contribution in [0.25, 0.3) is 0 Å². The minimum absolute atomic E-state index is 0.173. The van der Waals surface area contributed by atoms with Gasteiger partial charge >= 0.3 is 6.09 Å². The molecule has 1 heterocycles. The molecule has 0 N–H and O–H groups in total. The highest BCUT2D eigenvalue weighted by atomic mass is 16.6. The number of carbonyl (C=O) groups excluding carboxylic acids is 1. The van der Waals surface area contributed by atoms with Crippen LogP contribution in [0, 0.1) is 6.92 Å². The molecule has 3 nitrogen and oxygen atoms in total. The van der Waals surface area contributed by atoms with Crippen LogP contribution in [-0.4, -0.2) is 30.7 Å². The molecular formula is C16H23NO2. The highest BCUT2D eigenvalue weighted by Gasteiger charge is 2.33. The first-order valence-corrected chi connectivity index (χ1v) is 7.04. The molecule has 0 saturated carbocycles. The minimum Gasteiger partial charge on any atom is -0.450 e. The lowest BCUT2D eigenvalue weighted by molar-refractivity contribution is 0.0885. The molecule has 0 radical (unpaired) electrons. The second kappa shape index (κ2) is 5.64. The normalized spacial score (nSPS) is 18.2. The lowest BCUT2D eigenvalue weighted by atomic mass is 9.74. The SMILES string of the molecule is CCOC(=O)N1CCC(C)(c2ccc(C)cc2)CC1. The summed E-state index contributed by atoms with van der Waals surface area (Å²) in [6.07, 6.45) is 1.82. The average Bonchev–Trinajstić information content (AvgIpc) is 2.40. The molecule has 0 aromatic heterocycles. The molecule has 104 valence electrons. The maximum absolute atomic E-state index is 11.7. The number of nitrogens with zero attached hydrogens (tertiary/aromatic N) is 1. The fraction of sp³-hybridized carbons (Fsp3) is 0.562. The third kappa shape index (κ3) is 3.09. The predicted octanol–water partition coefficient (Wildman–Crippen LogP) is 3.51. The smallest absolute Gasteiger partial charge is 0.409 e. The Kier molecular flexibility index (Phi) is 4.13. The molecule has 1 aliphatic rings. The number of hydrogen-bond acceptors (Lipinski definition) is 2. The summed E-state index contributed by atoms with van der Waals surface area (Å²) in [4.78, 5) is 13.5. The first-order valence-electron chi connectivity index (χ1n) is 7.04. The number of carbonyl (C=O) groups is 1. The molecule has 0 spiro atoms. The Labute approximate surface area is 115 Å². The van der Waals surface area contributed by atoms with Crippen molar-refractivity contribution >= 4 is 6.09 Å². The Hall–Kier alpha value is -1.51. The molecule has 1 saturated heterocycles. The van der Waals surface area contributed by atoms with Gasteiger partial charge in [-0.25, -0.2) is 4.79 Å². The number of piperidine rings is 1. The lowest BCUT2D eigenvalue weighted by Crippen LogP contribution is -2.44. The zero-order chi connectivity index (χ0) is 13.9. The molecule has 1 aromatic rings. The Morgan fingerprint density at radius 3 is 2.37 bits per heavy atom. The van der Waals surface area contributed by atoms with Crippen LogP contribution in [0.1, 0.15) is 37.8 Å². The molecule has 1 aliphatic heterocycles. The van der Waals surface area contributed by atoms with E-state index in [-0.39, 0.29) is 11.5 Å². The molecule has 0 atom stereocenters. The Bertz CT molecular complexity index is 431. The Balaban J connectivity index is 2.01. The standard InChI is InChI=1S/C16H23NO2/c1-4-19-15(18)17-11-9-16(3,10-12-17)14-7-5-13(2)6-8-14/h5-8H,4,9-12H2,1-3H3. The van der Waals surface area contributed by atoms with E-state index in [4.69, 9.17) is 4.74 Å². The van der Waals surface area contributed by atoms with E-state index in [0.717, 1.165) is 25.9 Å². The number of amides is 1. The van der Waals surface area contributed by atoms with E-state index in [9.17, 15) is 4.79 Å². The molecule has 0 unspecified atom stereocenters. The van der Waals surface area contributed by atoms with Crippen molar-refractivity contribution in [3.8, 4) is 0 Å². The van der Waals surface area contributed by atoms with Crippen LogP contribution in [0.5, 0.6) is 0 Å². The fourth-order valence-corrected chi connectivity index (χ4v) is 2.64. The van der Waals surface area contributed by atoms with Gasteiger partial charge in [0.05, 0.1) is 6.61 Å². The van der Waals surface area contributed by atoms with Crippen molar-refractivity contribution in [1.82, 2.24) is 4.90 Å². The van der Waals surface area contributed by atoms with Gasteiger partial charge in [0.1, 0.15) is 0 Å². The molecule has 0 bridgehead atoms. The molecule has 1 aromatic carbocycles. The zero-order valence-corrected chi connectivity index (χ0v) is 12.1. The van der Waals surface area contributed by atoms with Crippen LogP contribution in [0.3, 0.4) is 0 Å². The highest BCUT2D eigenvalue weighted by Crippen LogP contribution is 2.35. The second-order valence-electron chi connectivity index (χ2n) is 5.61. The van der Waals surface area contributed by atoms with Crippen molar-refractivity contribution in [2.75, 3.05) is 19.7 Å². The van der Waals surface area contributed by atoms with Crippen LogP contribution in [0.4, 0.5) is 4.79 Å². The summed E-state index contributed by atoms with van der Waals surface area (Å²) in [5.74, 6) is 0. The summed E-state index contributed by atoms with van der Waals surface area (Å²) in [6, 6.07) is 8.77. The molecule has 19 heavy (non-hydrogen) atoms. The Morgan fingerprint density at radius 2 is 1.84 bits per heavy atom. The van der Waals surface area contributed by atoms with Gasteiger partial charge in [-0.3, -0.25) is 0 Å². The largest absolute Gasteiger partial charge is 0.450 e. The van der Waals surface area contributed by atoms with Gasteiger partial charge in [0, 0.05) is 13.1 Å². The molecule has 2 rings (SSSR count). The van der Waals surface area contributed by atoms with Crippen LogP contribution in [-0.2, 0) is 10.2 Å². The highest BCUT2D eigenvalue weighted by molar-refractivity contribution is 5.67. The van der Waals surface area contributed by atoms with E-state index in [1.54, 1.807) is 0 Å². The van der Waals surface area contributed by atoms with E-state index in [1.165, 1.54) is 11.1 Å². The Morgan fingerprint density at radius 1 is 1.26 bits per heavy atom. The lowest BCUT2D eigenvalue weighted by Gasteiger charge is -2.39. The van der Waals surface area contributed by atoms with Crippen molar-refractivity contribution in [1.29, 1.82) is 0 Å². The van der Waals surface area contributed by atoms with Gasteiger partial charge in [-0.1, -0.05) is 36.8 Å². The van der Waals surface area contributed by atoms with E-state index in [2.05, 4.69) is 38.1 Å². The summed E-state index contributed by atoms with van der Waals surface area (Å²) < 4.78 is 5.06. The summed E-state index contributed by atoms with van der Waals surface area (Å²) in [6.45, 7) is 8.25. The number of hydrogen-bond donors (Lipinski definition) is 0. The topological polar surface area (TPSA) is 29.5 Å². The zero-order valence-electron chi connectivity index (χ0n) is 12.1. The van der Waals surface area contributed by atoms with Crippen LogP contribution in [0.2, 0.25) is 0 Å². The minimum atomic E-state index is -0.173. The maximum Gasteiger partial charge on any atom is 0.409 e. The molecule has 0 aliphatic carbocycles. The second-order valence-corrected chi connectivity index (χ2v) is 5.61. The number of ether oxygens (including phenoxy) is 1. The number of rotatable bonds is 2. The van der Waals surface area contributed by atoms with Crippen molar-refractivity contribution in [3.63, 3.8) is 0 Å². The third-order valence-corrected chi connectivity index (χ3v) is 4.14. The number of likely N-dealkylation sites (tertiary alicyclic amines) is 1. The molecule has 3 heteroatoms. The van der Waals surface area contributed by atoms with E-state index in [1.807, 2.05) is 11.8 Å². The summed E-state index contributed by atoms with van der Waals surface area (Å²) >= 11 is 0. The quantitative estimate of drug-likeness (QED) is 0.815. The number of benzene rings is 1. The van der Waals surface area contributed by atoms with Crippen molar-refractivity contribution in [2.45, 2.75) is 39.0 Å². The fourth-order valence-electron chi connectivity index (χ4n) is 2.64. The van der Waals surface area contributed by atoms with Gasteiger partial charge in [0.15, 0.2) is 0 Å². The van der Waals surface area contributed by atoms with Crippen molar-refractivity contribution in [3.05, 3.63) is 35.4 Å². The average molecular weight is 261 g/mol. The van der Waals surface area contributed by atoms with Gasteiger partial charge in [-0.2, -0.15) is 0 Å². The van der Waals surface area contributed by atoms with Crippen LogP contribution < -0.4 is 0 Å². The van der Waals surface area contributed by atoms with Gasteiger partial charge in [0.25, 0.3) is 0 Å². The van der Waals surface area contributed by atoms with E-state index in [0.29, 0.717) is 6.61 Å². The first-order chi connectivity index (χ1) is 9.05. The van der Waals surface area contributed by atoms with E-state index < -0.39 is 0 Å². The van der Waals surface area contributed by atoms with Crippen LogP contribution in [0.15, 0.2) is 24.3 Å². The van der Waals surface area contributed by atoms with Gasteiger partial charge in [-0.15, -0.1) is 0 Å². The van der Waals surface area contributed by atoms with Gasteiger partial charge in [-0.05, 0) is 37.7 Å². The first kappa shape index (κ1) is 13.9. The van der Waals surface area contributed by atoms with Gasteiger partial charge < -0.3 is 9.64 Å². The maximum atomic E-state index is 11.7. The molecule has 1 amide bonds. The van der Waals surface area contributed by atoms with E-state index >= 15 is 0 Å². The summed E-state index contributed by atoms with van der Waals surface area (Å²) in [7, 11) is 0.